The number of aryl methyl sites for hydroxylation is 1. The topological polar surface area (TPSA) is 28.6 Å². The van der Waals surface area contributed by atoms with Crippen LogP contribution in [0.2, 0.25) is 0 Å². The smallest absolute Gasteiger partial charge is 0.185 e. The van der Waals surface area contributed by atoms with Crippen molar-refractivity contribution in [3.05, 3.63) is 35.3 Å². The molecule has 4 nitrogen and oxygen atoms in total. The molecule has 0 aliphatic carbocycles. The molecule has 0 N–H and O–H groups in total. The number of methoxy groups -OCH3 is 1. The van der Waals surface area contributed by atoms with Gasteiger partial charge in [-0.3, -0.25) is 0 Å². The Bertz CT molecular complexity index is 613. The van der Waals surface area contributed by atoms with E-state index in [-0.39, 0.29) is 0 Å². The molecule has 1 aliphatic heterocycles. The highest BCUT2D eigenvalue weighted by Gasteiger charge is 2.26. The second kappa shape index (κ2) is 5.93. The lowest BCUT2D eigenvalue weighted by molar-refractivity contribution is 0.412. The van der Waals surface area contributed by atoms with Crippen molar-refractivity contribution >= 4 is 22.2 Å². The zero-order valence-corrected chi connectivity index (χ0v) is 13.6. The van der Waals surface area contributed by atoms with Crippen LogP contribution in [0.1, 0.15) is 12.6 Å². The van der Waals surface area contributed by atoms with E-state index < -0.39 is 0 Å². The molecule has 0 spiro atoms. The molecule has 1 saturated heterocycles. The van der Waals surface area contributed by atoms with Gasteiger partial charge in [0.25, 0.3) is 0 Å². The van der Waals surface area contributed by atoms with Gasteiger partial charge in [-0.05, 0) is 26.0 Å². The highest BCUT2D eigenvalue weighted by atomic mass is 32.1. The van der Waals surface area contributed by atoms with Gasteiger partial charge in [-0.1, -0.05) is 12.1 Å². The minimum Gasteiger partial charge on any atom is -0.495 e. The molecule has 1 fully saturated rings. The van der Waals surface area contributed by atoms with Gasteiger partial charge < -0.3 is 14.5 Å². The van der Waals surface area contributed by atoms with Crippen molar-refractivity contribution in [2.75, 3.05) is 36.5 Å². The number of para-hydroxylation sites is 2. The Hall–Kier alpha value is -1.75. The summed E-state index contributed by atoms with van der Waals surface area (Å²) >= 11 is 1.74. The Kier molecular flexibility index (Phi) is 4.01. The van der Waals surface area contributed by atoms with E-state index in [0.29, 0.717) is 6.04 Å². The number of piperazine rings is 1. The van der Waals surface area contributed by atoms with Crippen LogP contribution in [0.4, 0.5) is 10.8 Å². The van der Waals surface area contributed by atoms with Crippen molar-refractivity contribution in [1.29, 1.82) is 0 Å². The van der Waals surface area contributed by atoms with E-state index in [2.05, 4.69) is 46.1 Å². The summed E-state index contributed by atoms with van der Waals surface area (Å²) in [4.78, 5) is 9.43. The Labute approximate surface area is 130 Å². The molecule has 1 aliphatic rings. The zero-order valence-electron chi connectivity index (χ0n) is 12.7. The number of hydrogen-bond donors (Lipinski definition) is 0. The molecule has 21 heavy (non-hydrogen) atoms. The number of benzene rings is 1. The third kappa shape index (κ3) is 2.83. The van der Waals surface area contributed by atoms with Gasteiger partial charge in [-0.2, -0.15) is 0 Å². The lowest BCUT2D eigenvalue weighted by Crippen LogP contribution is -2.52. The average molecular weight is 303 g/mol. The number of ether oxygens (including phenoxy) is 1. The van der Waals surface area contributed by atoms with Crippen molar-refractivity contribution in [3.63, 3.8) is 0 Å². The average Bonchev–Trinajstić information content (AvgIpc) is 2.93. The van der Waals surface area contributed by atoms with Crippen LogP contribution < -0.4 is 14.5 Å². The molecule has 0 saturated carbocycles. The standard InChI is InChI=1S/C16H21N3OS/c1-12-11-21-16(17-12)19-9-8-18(10-13(19)2)14-6-4-5-7-15(14)20-3/h4-7,11,13H,8-10H2,1-3H3/t13-/m1/s1. The van der Waals surface area contributed by atoms with Gasteiger partial charge in [0.2, 0.25) is 0 Å². The van der Waals surface area contributed by atoms with E-state index in [4.69, 9.17) is 4.74 Å². The fourth-order valence-electron chi connectivity index (χ4n) is 2.83. The third-order valence-electron chi connectivity index (χ3n) is 3.91. The normalized spacial score (nSPS) is 18.9. The van der Waals surface area contributed by atoms with Crippen molar-refractivity contribution < 1.29 is 4.74 Å². The van der Waals surface area contributed by atoms with E-state index >= 15 is 0 Å². The molecule has 1 aromatic carbocycles. The van der Waals surface area contributed by atoms with Crippen LogP contribution in [-0.4, -0.2) is 37.8 Å². The largest absolute Gasteiger partial charge is 0.495 e. The Balaban J connectivity index is 1.76. The van der Waals surface area contributed by atoms with Gasteiger partial charge in [0.1, 0.15) is 5.75 Å². The first kappa shape index (κ1) is 14.2. The van der Waals surface area contributed by atoms with E-state index in [1.165, 1.54) is 5.69 Å². The van der Waals surface area contributed by atoms with E-state index in [9.17, 15) is 0 Å². The van der Waals surface area contributed by atoms with Crippen molar-refractivity contribution in [1.82, 2.24) is 4.98 Å². The summed E-state index contributed by atoms with van der Waals surface area (Å²) in [7, 11) is 1.73. The molecular formula is C16H21N3OS. The van der Waals surface area contributed by atoms with Crippen molar-refractivity contribution in [2.45, 2.75) is 19.9 Å². The molecule has 2 aromatic rings. The lowest BCUT2D eigenvalue weighted by atomic mass is 10.1. The van der Waals surface area contributed by atoms with Gasteiger partial charge >= 0.3 is 0 Å². The summed E-state index contributed by atoms with van der Waals surface area (Å²) in [5, 5.41) is 3.26. The van der Waals surface area contributed by atoms with Crippen LogP contribution in [0.5, 0.6) is 5.75 Å². The summed E-state index contributed by atoms with van der Waals surface area (Å²) in [5.74, 6) is 0.947. The number of nitrogens with zero attached hydrogens (tertiary/aromatic N) is 3. The van der Waals surface area contributed by atoms with Crippen LogP contribution in [0, 0.1) is 6.92 Å². The van der Waals surface area contributed by atoms with Crippen LogP contribution in [0.25, 0.3) is 0 Å². The summed E-state index contributed by atoms with van der Waals surface area (Å²) in [6, 6.07) is 8.68. The van der Waals surface area contributed by atoms with Gasteiger partial charge in [0.05, 0.1) is 18.5 Å². The molecule has 3 rings (SSSR count). The second-order valence-corrected chi connectivity index (χ2v) is 6.27. The quantitative estimate of drug-likeness (QED) is 0.871. The minimum absolute atomic E-state index is 0.439. The fraction of sp³-hybridized carbons (Fsp3) is 0.438. The molecule has 1 aromatic heterocycles. The minimum atomic E-state index is 0.439. The molecule has 0 radical (unpaired) electrons. The van der Waals surface area contributed by atoms with Crippen molar-refractivity contribution in [3.8, 4) is 5.75 Å². The lowest BCUT2D eigenvalue weighted by Gasteiger charge is -2.41. The Morgan fingerprint density at radius 1 is 1.29 bits per heavy atom. The fourth-order valence-corrected chi connectivity index (χ4v) is 3.76. The maximum absolute atomic E-state index is 5.48. The van der Waals surface area contributed by atoms with E-state index in [1.54, 1.807) is 18.4 Å². The van der Waals surface area contributed by atoms with Crippen LogP contribution in [-0.2, 0) is 0 Å². The summed E-state index contributed by atoms with van der Waals surface area (Å²) in [6.45, 7) is 7.28. The van der Waals surface area contributed by atoms with Gasteiger partial charge in [-0.25, -0.2) is 4.98 Å². The van der Waals surface area contributed by atoms with Gasteiger partial charge in [0.15, 0.2) is 5.13 Å². The highest BCUT2D eigenvalue weighted by molar-refractivity contribution is 7.13. The van der Waals surface area contributed by atoms with E-state index in [1.807, 2.05) is 12.1 Å². The second-order valence-electron chi connectivity index (χ2n) is 5.43. The first-order valence-electron chi connectivity index (χ1n) is 7.26. The molecule has 2 heterocycles. The molecule has 0 unspecified atom stereocenters. The summed E-state index contributed by atoms with van der Waals surface area (Å²) < 4.78 is 5.48. The van der Waals surface area contributed by atoms with Crippen LogP contribution in [0.15, 0.2) is 29.6 Å². The van der Waals surface area contributed by atoms with Gasteiger partial charge in [-0.15, -0.1) is 11.3 Å². The highest BCUT2D eigenvalue weighted by Crippen LogP contribution is 2.31. The monoisotopic (exact) mass is 303 g/mol. The number of hydrogen-bond acceptors (Lipinski definition) is 5. The molecule has 0 bridgehead atoms. The van der Waals surface area contributed by atoms with Crippen LogP contribution >= 0.6 is 11.3 Å². The van der Waals surface area contributed by atoms with Crippen LogP contribution in [0.3, 0.4) is 0 Å². The third-order valence-corrected chi connectivity index (χ3v) is 4.90. The first-order chi connectivity index (χ1) is 10.2. The SMILES string of the molecule is COc1ccccc1N1CCN(c2nc(C)cs2)[C@H](C)C1. The number of rotatable bonds is 3. The Morgan fingerprint density at radius 3 is 2.76 bits per heavy atom. The number of aromatic nitrogens is 1. The van der Waals surface area contributed by atoms with Crippen molar-refractivity contribution in [2.24, 2.45) is 0 Å². The molecule has 5 heteroatoms. The first-order valence-corrected chi connectivity index (χ1v) is 8.13. The van der Waals surface area contributed by atoms with E-state index in [0.717, 1.165) is 36.2 Å². The maximum Gasteiger partial charge on any atom is 0.185 e. The summed E-state index contributed by atoms with van der Waals surface area (Å²) in [6.07, 6.45) is 0. The molecule has 112 valence electrons. The summed E-state index contributed by atoms with van der Waals surface area (Å²) in [5.41, 5.74) is 2.29. The predicted octanol–water partition coefficient (Wildman–Crippen LogP) is 3.18. The maximum atomic E-state index is 5.48. The molecule has 0 amide bonds. The Morgan fingerprint density at radius 2 is 2.10 bits per heavy atom. The number of thiazole rings is 1. The predicted molar refractivity (Wildman–Crippen MR) is 88.9 cm³/mol. The molecule has 1 atom stereocenters. The number of anilines is 2. The molecular weight excluding hydrogens is 282 g/mol. The van der Waals surface area contributed by atoms with Gasteiger partial charge in [0, 0.05) is 31.1 Å². The zero-order chi connectivity index (χ0) is 14.8.